The number of anilines is 1. The van der Waals surface area contributed by atoms with Crippen LogP contribution in [0.25, 0.3) is 0 Å². The van der Waals surface area contributed by atoms with Crippen LogP contribution in [-0.4, -0.2) is 52.0 Å². The van der Waals surface area contributed by atoms with E-state index in [1.54, 1.807) is 26.0 Å². The van der Waals surface area contributed by atoms with Gasteiger partial charge in [-0.2, -0.15) is 0 Å². The van der Waals surface area contributed by atoms with Crippen LogP contribution < -0.4 is 5.32 Å². The first-order chi connectivity index (χ1) is 11.7. The lowest BCUT2D eigenvalue weighted by Crippen LogP contribution is -2.22. The molecular formula is C16H22N2O6S. The number of carbonyl (C=O) groups excluding carboxylic acids is 2. The molecule has 25 heavy (non-hydrogen) atoms. The van der Waals surface area contributed by atoms with Crippen molar-refractivity contribution < 1.29 is 27.5 Å². The van der Waals surface area contributed by atoms with Crippen LogP contribution in [0.15, 0.2) is 40.9 Å². The van der Waals surface area contributed by atoms with Crippen LogP contribution in [0.2, 0.25) is 0 Å². The second-order valence-electron chi connectivity index (χ2n) is 4.96. The van der Waals surface area contributed by atoms with Gasteiger partial charge in [0.2, 0.25) is 10.0 Å². The zero-order valence-corrected chi connectivity index (χ0v) is 15.4. The molecule has 0 saturated heterocycles. The molecule has 138 valence electrons. The van der Waals surface area contributed by atoms with E-state index in [2.05, 4.69) is 5.32 Å². The van der Waals surface area contributed by atoms with Crippen molar-refractivity contribution in [2.75, 3.05) is 32.6 Å². The van der Waals surface area contributed by atoms with E-state index >= 15 is 0 Å². The highest BCUT2D eigenvalue weighted by atomic mass is 32.2. The Labute approximate surface area is 147 Å². The Balaban J connectivity index is 3.11. The van der Waals surface area contributed by atoms with E-state index in [0.29, 0.717) is 5.69 Å². The van der Waals surface area contributed by atoms with Crippen LogP contribution in [0, 0.1) is 0 Å². The predicted octanol–water partition coefficient (Wildman–Crippen LogP) is 1.36. The lowest BCUT2D eigenvalue weighted by atomic mass is 10.2. The molecule has 0 heterocycles. The molecule has 0 aliphatic rings. The summed E-state index contributed by atoms with van der Waals surface area (Å²) >= 11 is 0. The molecule has 1 rings (SSSR count). The van der Waals surface area contributed by atoms with Gasteiger partial charge in [0.05, 0.1) is 18.1 Å². The Bertz CT molecular complexity index is 736. The fraction of sp³-hybridized carbons (Fsp3) is 0.375. The smallest absolute Gasteiger partial charge is 0.347 e. The standard InChI is InChI=1S/C16H22N2O6S/c1-5-23-15(19)14(16(20)24-6-2)11-17-12-8-7-9-13(10-12)25(21,22)18(3)4/h7-11,17H,5-6H2,1-4H3. The number of ether oxygens (including phenoxy) is 2. The van der Waals surface area contributed by atoms with Crippen molar-refractivity contribution in [3.8, 4) is 0 Å². The number of sulfonamides is 1. The molecule has 0 unspecified atom stereocenters. The molecule has 0 amide bonds. The number of rotatable bonds is 8. The van der Waals surface area contributed by atoms with Crippen molar-refractivity contribution in [2.24, 2.45) is 0 Å². The largest absolute Gasteiger partial charge is 0.462 e. The van der Waals surface area contributed by atoms with E-state index in [0.717, 1.165) is 10.5 Å². The molecule has 9 heteroatoms. The average Bonchev–Trinajstić information content (AvgIpc) is 2.55. The molecule has 0 fully saturated rings. The highest BCUT2D eigenvalue weighted by molar-refractivity contribution is 7.89. The fourth-order valence-corrected chi connectivity index (χ4v) is 2.68. The van der Waals surface area contributed by atoms with Gasteiger partial charge in [-0.25, -0.2) is 22.3 Å². The van der Waals surface area contributed by atoms with Gasteiger partial charge in [0.1, 0.15) is 0 Å². The molecule has 0 spiro atoms. The molecule has 1 aromatic carbocycles. The van der Waals surface area contributed by atoms with Gasteiger partial charge in [0, 0.05) is 26.0 Å². The zero-order chi connectivity index (χ0) is 19.0. The number of hydrogen-bond acceptors (Lipinski definition) is 7. The molecule has 0 radical (unpaired) electrons. The fourth-order valence-electron chi connectivity index (χ4n) is 1.73. The van der Waals surface area contributed by atoms with Crippen LogP contribution in [0.1, 0.15) is 13.8 Å². The minimum absolute atomic E-state index is 0.0738. The van der Waals surface area contributed by atoms with Crippen LogP contribution in [0.3, 0.4) is 0 Å². The van der Waals surface area contributed by atoms with Crippen LogP contribution in [-0.2, 0) is 29.1 Å². The van der Waals surface area contributed by atoms with E-state index in [9.17, 15) is 18.0 Å². The topological polar surface area (TPSA) is 102 Å². The highest BCUT2D eigenvalue weighted by Gasteiger charge is 2.21. The van der Waals surface area contributed by atoms with Gasteiger partial charge in [-0.1, -0.05) is 6.07 Å². The summed E-state index contributed by atoms with van der Waals surface area (Å²) in [5, 5.41) is 2.73. The first-order valence-electron chi connectivity index (χ1n) is 7.57. The van der Waals surface area contributed by atoms with Crippen LogP contribution >= 0.6 is 0 Å². The molecule has 0 bridgehead atoms. The molecule has 0 atom stereocenters. The summed E-state index contributed by atoms with van der Waals surface area (Å²) in [6, 6.07) is 5.97. The Morgan fingerprint density at radius 2 is 1.68 bits per heavy atom. The minimum Gasteiger partial charge on any atom is -0.462 e. The van der Waals surface area contributed by atoms with Crippen LogP contribution in [0.5, 0.6) is 0 Å². The lowest BCUT2D eigenvalue weighted by molar-refractivity contribution is -0.146. The van der Waals surface area contributed by atoms with Gasteiger partial charge in [0.15, 0.2) is 5.57 Å². The van der Waals surface area contributed by atoms with E-state index in [1.807, 2.05) is 0 Å². The van der Waals surface area contributed by atoms with Gasteiger partial charge in [-0.05, 0) is 32.0 Å². The first-order valence-corrected chi connectivity index (χ1v) is 9.01. The maximum Gasteiger partial charge on any atom is 0.347 e. The summed E-state index contributed by atoms with van der Waals surface area (Å²) in [5.74, 6) is -1.66. The lowest BCUT2D eigenvalue weighted by Gasteiger charge is -2.12. The van der Waals surface area contributed by atoms with Crippen molar-refractivity contribution in [1.29, 1.82) is 0 Å². The summed E-state index contributed by atoms with van der Waals surface area (Å²) < 4.78 is 35.0. The van der Waals surface area contributed by atoms with Crippen molar-refractivity contribution in [2.45, 2.75) is 18.7 Å². The third-order valence-electron chi connectivity index (χ3n) is 2.99. The molecule has 1 aromatic rings. The number of esters is 2. The van der Waals surface area contributed by atoms with Crippen molar-refractivity contribution >= 4 is 27.6 Å². The first kappa shape index (κ1) is 20.7. The summed E-state index contributed by atoms with van der Waals surface area (Å²) in [4.78, 5) is 23.8. The van der Waals surface area contributed by atoms with E-state index in [4.69, 9.17) is 9.47 Å². The van der Waals surface area contributed by atoms with E-state index in [1.165, 1.54) is 26.2 Å². The third-order valence-corrected chi connectivity index (χ3v) is 4.80. The normalized spacial score (nSPS) is 10.9. The second kappa shape index (κ2) is 9.19. The third kappa shape index (κ3) is 5.57. The SMILES string of the molecule is CCOC(=O)C(=CNc1cccc(S(=O)(=O)N(C)C)c1)C(=O)OCC. The van der Waals surface area contributed by atoms with Gasteiger partial charge >= 0.3 is 11.9 Å². The summed E-state index contributed by atoms with van der Waals surface area (Å²) in [7, 11) is -0.747. The molecular weight excluding hydrogens is 348 g/mol. The van der Waals surface area contributed by atoms with E-state index in [-0.39, 0.29) is 23.7 Å². The Kier molecular flexibility index (Phi) is 7.59. The monoisotopic (exact) mass is 370 g/mol. The maximum absolute atomic E-state index is 12.1. The predicted molar refractivity (Wildman–Crippen MR) is 92.3 cm³/mol. The van der Waals surface area contributed by atoms with Gasteiger partial charge in [0.25, 0.3) is 0 Å². The summed E-state index contributed by atoms with van der Waals surface area (Å²) in [5.41, 5.74) is 0.0681. The van der Waals surface area contributed by atoms with Crippen molar-refractivity contribution in [1.82, 2.24) is 4.31 Å². The molecule has 1 N–H and O–H groups in total. The van der Waals surface area contributed by atoms with Gasteiger partial charge in [-0.15, -0.1) is 0 Å². The van der Waals surface area contributed by atoms with Crippen LogP contribution in [0.4, 0.5) is 5.69 Å². The highest BCUT2D eigenvalue weighted by Crippen LogP contribution is 2.18. The Morgan fingerprint density at radius 1 is 1.12 bits per heavy atom. The molecule has 0 aromatic heterocycles. The number of nitrogens with one attached hydrogen (secondary N) is 1. The molecule has 8 nitrogen and oxygen atoms in total. The second-order valence-corrected chi connectivity index (χ2v) is 7.11. The zero-order valence-electron chi connectivity index (χ0n) is 14.6. The Hall–Kier alpha value is -2.39. The maximum atomic E-state index is 12.1. The number of carbonyl (C=O) groups is 2. The number of hydrogen-bond donors (Lipinski definition) is 1. The van der Waals surface area contributed by atoms with Gasteiger partial charge < -0.3 is 14.8 Å². The number of nitrogens with zero attached hydrogens (tertiary/aromatic N) is 1. The number of benzene rings is 1. The van der Waals surface area contributed by atoms with Crippen molar-refractivity contribution in [3.05, 3.63) is 36.0 Å². The average molecular weight is 370 g/mol. The quantitative estimate of drug-likeness (QED) is 0.319. The molecule has 0 aliphatic heterocycles. The van der Waals surface area contributed by atoms with E-state index < -0.39 is 22.0 Å². The summed E-state index contributed by atoms with van der Waals surface area (Å²) in [6.45, 7) is 3.44. The van der Waals surface area contributed by atoms with Crippen molar-refractivity contribution in [3.63, 3.8) is 0 Å². The molecule has 0 aliphatic carbocycles. The van der Waals surface area contributed by atoms with Gasteiger partial charge in [-0.3, -0.25) is 0 Å². The molecule has 0 saturated carbocycles. The minimum atomic E-state index is -3.60. The Morgan fingerprint density at radius 3 is 2.16 bits per heavy atom. The summed E-state index contributed by atoms with van der Waals surface area (Å²) in [6.07, 6.45) is 1.14.